The van der Waals surface area contributed by atoms with Gasteiger partial charge in [-0.05, 0) is 62.0 Å². The zero-order chi connectivity index (χ0) is 24.3. The number of allylic oxidation sites excluding steroid dienone is 4. The molecule has 0 spiro atoms. The van der Waals surface area contributed by atoms with Crippen LogP contribution in [0.1, 0.15) is 60.3 Å². The van der Waals surface area contributed by atoms with Crippen LogP contribution in [0.5, 0.6) is 0 Å². The van der Waals surface area contributed by atoms with Gasteiger partial charge in [0.15, 0.2) is 17.2 Å². The Labute approximate surface area is 193 Å². The Morgan fingerprint density at radius 3 is 2.48 bits per heavy atom. The van der Waals surface area contributed by atoms with Gasteiger partial charge in [-0.25, -0.2) is 4.39 Å². The number of hydrogen-bond acceptors (Lipinski definition) is 6. The Kier molecular flexibility index (Phi) is 5.69. The molecule has 0 aliphatic heterocycles. The van der Waals surface area contributed by atoms with Gasteiger partial charge >= 0.3 is 11.9 Å². The Balaban J connectivity index is 1.78. The van der Waals surface area contributed by atoms with E-state index in [4.69, 9.17) is 9.47 Å². The number of fused-ring (bicyclic) bond motifs is 5. The topological polar surface area (TPSA) is 86.7 Å². The standard InChI is InChI=1S/C26H33FO6/c1-14-10-20-19-7-6-17-11-18(30)8-9-25(17,5)26(19,27)22(33-16(3)29)12-24(20,4)23(14)21(31)13-32-15(2)28/h8-9,11,14,19-20,22-23H,6-7,10,12-13H2,1-5H3/t14-,19+,20+,22+,23-,24+,25+,26+/m1/s1. The first-order valence-corrected chi connectivity index (χ1v) is 11.8. The highest BCUT2D eigenvalue weighted by Gasteiger charge is 2.72. The molecule has 0 amide bonds. The summed E-state index contributed by atoms with van der Waals surface area (Å²) in [4.78, 5) is 48.6. The lowest BCUT2D eigenvalue weighted by Gasteiger charge is -2.62. The van der Waals surface area contributed by atoms with Gasteiger partial charge in [0.25, 0.3) is 0 Å². The summed E-state index contributed by atoms with van der Waals surface area (Å²) in [7, 11) is 0. The van der Waals surface area contributed by atoms with Crippen molar-refractivity contribution in [1.29, 1.82) is 0 Å². The van der Waals surface area contributed by atoms with Gasteiger partial charge in [-0.15, -0.1) is 0 Å². The zero-order valence-corrected chi connectivity index (χ0v) is 20.0. The maximum absolute atomic E-state index is 17.6. The number of ether oxygens (including phenoxy) is 2. The largest absolute Gasteiger partial charge is 0.459 e. The minimum atomic E-state index is -1.89. The highest BCUT2D eigenvalue weighted by molar-refractivity contribution is 6.01. The molecule has 0 aromatic rings. The molecule has 0 radical (unpaired) electrons. The lowest BCUT2D eigenvalue weighted by Crippen LogP contribution is -2.67. The van der Waals surface area contributed by atoms with Crippen molar-refractivity contribution >= 4 is 23.5 Å². The molecular weight excluding hydrogens is 427 g/mol. The van der Waals surface area contributed by atoms with E-state index < -0.39 is 46.4 Å². The first-order valence-electron chi connectivity index (χ1n) is 11.8. The molecule has 0 aromatic heterocycles. The summed E-state index contributed by atoms with van der Waals surface area (Å²) >= 11 is 0. The summed E-state index contributed by atoms with van der Waals surface area (Å²) in [5.41, 5.74) is -2.81. The minimum absolute atomic E-state index is 0.0170. The van der Waals surface area contributed by atoms with Crippen LogP contribution in [-0.2, 0) is 28.7 Å². The second kappa shape index (κ2) is 7.88. The van der Waals surface area contributed by atoms with Crippen LogP contribution >= 0.6 is 0 Å². The first-order chi connectivity index (χ1) is 15.3. The molecule has 4 aliphatic carbocycles. The number of alkyl halides is 1. The number of carbonyl (C=O) groups excluding carboxylic acids is 4. The molecular formula is C26H33FO6. The van der Waals surface area contributed by atoms with E-state index in [9.17, 15) is 19.2 Å². The molecule has 3 saturated carbocycles. The molecule has 0 N–H and O–H groups in total. The van der Waals surface area contributed by atoms with Crippen LogP contribution in [0.3, 0.4) is 0 Å². The molecule has 180 valence electrons. The second-order valence-electron chi connectivity index (χ2n) is 10.9. The SMILES string of the molecule is CC(=O)OCC(=O)[C@H]1[C@H](C)C[C@H]2[C@@H]3CCC4=CC(=O)C=C[C@]4(C)[C@@]3(F)[C@@H](OC(C)=O)C[C@@]21C. The number of esters is 2. The maximum Gasteiger partial charge on any atom is 0.303 e. The van der Waals surface area contributed by atoms with Crippen LogP contribution in [0.25, 0.3) is 0 Å². The number of ketones is 2. The van der Waals surface area contributed by atoms with Crippen molar-refractivity contribution in [3.8, 4) is 0 Å². The predicted molar refractivity (Wildman–Crippen MR) is 118 cm³/mol. The molecule has 0 aromatic carbocycles. The van der Waals surface area contributed by atoms with E-state index in [1.54, 1.807) is 13.0 Å². The molecule has 8 atom stereocenters. The average molecular weight is 461 g/mol. The molecule has 0 unspecified atom stereocenters. The van der Waals surface area contributed by atoms with E-state index in [1.807, 2.05) is 13.8 Å². The zero-order valence-electron chi connectivity index (χ0n) is 20.0. The third-order valence-corrected chi connectivity index (χ3v) is 9.03. The van der Waals surface area contributed by atoms with Crippen molar-refractivity contribution in [2.45, 2.75) is 72.1 Å². The Morgan fingerprint density at radius 2 is 1.85 bits per heavy atom. The van der Waals surface area contributed by atoms with E-state index in [-0.39, 0.29) is 36.4 Å². The normalized spacial score (nSPS) is 43.6. The fraction of sp³-hybridized carbons (Fsp3) is 0.692. The van der Waals surface area contributed by atoms with Gasteiger partial charge in [0.1, 0.15) is 12.7 Å². The Morgan fingerprint density at radius 1 is 1.15 bits per heavy atom. The van der Waals surface area contributed by atoms with Gasteiger partial charge in [-0.2, -0.15) is 0 Å². The van der Waals surface area contributed by atoms with E-state index >= 15 is 4.39 Å². The minimum Gasteiger partial charge on any atom is -0.459 e. The molecule has 4 aliphatic rings. The van der Waals surface area contributed by atoms with Crippen molar-refractivity contribution in [3.05, 3.63) is 23.8 Å². The average Bonchev–Trinajstić information content (AvgIpc) is 2.97. The number of rotatable bonds is 4. The van der Waals surface area contributed by atoms with Crippen LogP contribution in [0, 0.1) is 34.5 Å². The van der Waals surface area contributed by atoms with E-state index in [0.717, 1.165) is 5.57 Å². The molecule has 3 fully saturated rings. The van der Waals surface area contributed by atoms with Crippen LogP contribution < -0.4 is 0 Å². The predicted octanol–water partition coefficient (Wildman–Crippen LogP) is 3.92. The van der Waals surface area contributed by atoms with E-state index in [0.29, 0.717) is 19.3 Å². The quantitative estimate of drug-likeness (QED) is 0.591. The molecule has 0 saturated heterocycles. The number of Topliss-reactive ketones (excluding diaryl/α,β-unsaturated/α-hetero) is 1. The number of carbonyl (C=O) groups is 4. The van der Waals surface area contributed by atoms with E-state index in [2.05, 4.69) is 0 Å². The summed E-state index contributed by atoms with van der Waals surface area (Å²) in [6.07, 6.45) is 5.52. The van der Waals surface area contributed by atoms with Crippen molar-refractivity contribution < 1.29 is 33.0 Å². The van der Waals surface area contributed by atoms with E-state index in [1.165, 1.54) is 26.0 Å². The highest BCUT2D eigenvalue weighted by Crippen LogP contribution is 2.70. The molecule has 6 nitrogen and oxygen atoms in total. The lowest BCUT2D eigenvalue weighted by molar-refractivity contribution is -0.213. The van der Waals surface area contributed by atoms with Gasteiger partial charge in [-0.3, -0.25) is 19.2 Å². The van der Waals surface area contributed by atoms with Crippen molar-refractivity contribution in [1.82, 2.24) is 0 Å². The molecule has 7 heteroatoms. The lowest BCUT2D eigenvalue weighted by atomic mass is 9.45. The first kappa shape index (κ1) is 23.8. The Hall–Kier alpha value is -2.31. The second-order valence-corrected chi connectivity index (χ2v) is 10.9. The monoisotopic (exact) mass is 460 g/mol. The third-order valence-electron chi connectivity index (χ3n) is 9.03. The van der Waals surface area contributed by atoms with Gasteiger partial charge < -0.3 is 9.47 Å². The molecule has 0 bridgehead atoms. The fourth-order valence-electron chi connectivity index (χ4n) is 7.82. The summed E-state index contributed by atoms with van der Waals surface area (Å²) < 4.78 is 28.3. The van der Waals surface area contributed by atoms with Crippen LogP contribution in [0.2, 0.25) is 0 Å². The Bertz CT molecular complexity index is 968. The van der Waals surface area contributed by atoms with Crippen LogP contribution in [0.15, 0.2) is 23.8 Å². The van der Waals surface area contributed by atoms with Crippen LogP contribution in [-0.4, -0.2) is 41.9 Å². The third kappa shape index (κ3) is 3.41. The molecule has 4 rings (SSSR count). The van der Waals surface area contributed by atoms with Gasteiger partial charge in [0, 0.05) is 31.1 Å². The highest BCUT2D eigenvalue weighted by atomic mass is 19.1. The maximum atomic E-state index is 17.6. The number of halogens is 1. The smallest absolute Gasteiger partial charge is 0.303 e. The summed E-state index contributed by atoms with van der Waals surface area (Å²) in [5, 5.41) is 0. The molecule has 0 heterocycles. The number of hydrogen-bond donors (Lipinski definition) is 0. The van der Waals surface area contributed by atoms with Gasteiger partial charge in [-0.1, -0.05) is 25.5 Å². The van der Waals surface area contributed by atoms with Gasteiger partial charge in [0.05, 0.1) is 0 Å². The summed E-state index contributed by atoms with van der Waals surface area (Å²) in [5.74, 6) is -2.37. The summed E-state index contributed by atoms with van der Waals surface area (Å²) in [6, 6.07) is 0. The van der Waals surface area contributed by atoms with Crippen molar-refractivity contribution in [3.63, 3.8) is 0 Å². The van der Waals surface area contributed by atoms with Crippen molar-refractivity contribution in [2.24, 2.45) is 34.5 Å². The van der Waals surface area contributed by atoms with Crippen molar-refractivity contribution in [2.75, 3.05) is 6.61 Å². The fourth-order valence-corrected chi connectivity index (χ4v) is 7.82. The van der Waals surface area contributed by atoms with Gasteiger partial charge in [0.2, 0.25) is 0 Å². The molecule has 33 heavy (non-hydrogen) atoms. The summed E-state index contributed by atoms with van der Waals surface area (Å²) in [6.45, 7) is 8.04. The van der Waals surface area contributed by atoms with Crippen LogP contribution in [0.4, 0.5) is 4.39 Å².